The first-order chi connectivity index (χ1) is 15.2. The summed E-state index contributed by atoms with van der Waals surface area (Å²) in [6.45, 7) is 3.48. The van der Waals surface area contributed by atoms with E-state index in [1.54, 1.807) is 17.8 Å². The van der Waals surface area contributed by atoms with Gasteiger partial charge in [-0.25, -0.2) is 0 Å². The predicted molar refractivity (Wildman–Crippen MR) is 126 cm³/mol. The predicted octanol–water partition coefficient (Wildman–Crippen LogP) is 4.73. The van der Waals surface area contributed by atoms with Crippen LogP contribution in [-0.4, -0.2) is 48.6 Å². The Kier molecular flexibility index (Phi) is 5.47. The van der Waals surface area contributed by atoms with Gasteiger partial charge in [0.1, 0.15) is 5.75 Å². The number of rotatable bonds is 4. The molecule has 6 heteroatoms. The van der Waals surface area contributed by atoms with Crippen LogP contribution in [0.1, 0.15) is 6.42 Å². The summed E-state index contributed by atoms with van der Waals surface area (Å²) in [5, 5.41) is 10.1. The molecule has 0 bridgehead atoms. The summed E-state index contributed by atoms with van der Waals surface area (Å²) in [6.07, 6.45) is 0.476. The zero-order chi connectivity index (χ0) is 21.2. The van der Waals surface area contributed by atoms with Crippen molar-refractivity contribution in [1.29, 1.82) is 0 Å². The Morgan fingerprint density at radius 1 is 0.774 bits per heavy atom. The zero-order valence-corrected chi connectivity index (χ0v) is 18.1. The molecule has 3 aromatic carbocycles. The summed E-state index contributed by atoms with van der Waals surface area (Å²) < 4.78 is 0. The maximum Gasteiger partial charge on any atom is 0.224 e. The Labute approximate surface area is 186 Å². The number of carbonyl (C=O) groups excluding carboxylic acids is 1. The normalized spacial score (nSPS) is 15.4. The molecule has 1 fully saturated rings. The van der Waals surface area contributed by atoms with Crippen LogP contribution in [0.25, 0.3) is 0 Å². The molecule has 5 nitrogen and oxygen atoms in total. The van der Waals surface area contributed by atoms with Crippen molar-refractivity contribution in [2.24, 2.45) is 0 Å². The van der Waals surface area contributed by atoms with Crippen LogP contribution in [0, 0.1) is 0 Å². The van der Waals surface area contributed by atoms with Crippen molar-refractivity contribution < 1.29 is 9.90 Å². The van der Waals surface area contributed by atoms with Gasteiger partial charge in [0.15, 0.2) is 0 Å². The van der Waals surface area contributed by atoms with Gasteiger partial charge < -0.3 is 19.8 Å². The fraction of sp³-hybridized carbons (Fsp3) is 0.240. The monoisotopic (exact) mass is 431 g/mol. The number of phenolic OH excluding ortho intramolecular Hbond substituents is 1. The molecular formula is C25H25N3O2S. The van der Waals surface area contributed by atoms with Gasteiger partial charge in [-0.2, -0.15) is 0 Å². The average molecular weight is 432 g/mol. The average Bonchev–Trinajstić information content (AvgIpc) is 2.82. The molecule has 1 N–H and O–H groups in total. The third-order valence-corrected chi connectivity index (χ3v) is 7.07. The number of carbonyl (C=O) groups is 1. The van der Waals surface area contributed by atoms with Crippen LogP contribution in [0.15, 0.2) is 82.6 Å². The summed E-state index contributed by atoms with van der Waals surface area (Å²) >= 11 is 1.78. The highest BCUT2D eigenvalue weighted by atomic mass is 32.2. The third-order valence-electron chi connectivity index (χ3n) is 5.94. The highest BCUT2D eigenvalue weighted by Crippen LogP contribution is 2.47. The molecule has 0 aliphatic carbocycles. The first kappa shape index (κ1) is 19.8. The van der Waals surface area contributed by atoms with Crippen LogP contribution in [0.3, 0.4) is 0 Å². The highest BCUT2D eigenvalue weighted by molar-refractivity contribution is 7.99. The van der Waals surface area contributed by atoms with Crippen molar-refractivity contribution >= 4 is 34.7 Å². The van der Waals surface area contributed by atoms with E-state index in [1.165, 1.54) is 21.2 Å². The molecule has 3 aromatic rings. The number of hydrogen-bond acceptors (Lipinski definition) is 5. The molecule has 0 atom stereocenters. The Bertz CT molecular complexity index is 1050. The lowest BCUT2D eigenvalue weighted by atomic mass is 10.2. The molecule has 2 aliphatic heterocycles. The zero-order valence-electron chi connectivity index (χ0n) is 17.3. The first-order valence-electron chi connectivity index (χ1n) is 10.6. The van der Waals surface area contributed by atoms with Crippen LogP contribution in [0.2, 0.25) is 0 Å². The lowest BCUT2D eigenvalue weighted by Gasteiger charge is -2.37. The lowest BCUT2D eigenvalue weighted by molar-refractivity contribution is -0.131. The molecular weight excluding hydrogens is 406 g/mol. The maximum absolute atomic E-state index is 13.0. The number of anilines is 3. The minimum Gasteiger partial charge on any atom is -0.506 e. The molecule has 0 radical (unpaired) electrons. The van der Waals surface area contributed by atoms with Crippen LogP contribution >= 0.6 is 11.8 Å². The second-order valence-electron chi connectivity index (χ2n) is 7.80. The lowest BCUT2D eigenvalue weighted by Crippen LogP contribution is -2.49. The minimum atomic E-state index is 0.185. The minimum absolute atomic E-state index is 0.185. The number of phenols is 1. The molecule has 2 heterocycles. The third kappa shape index (κ3) is 3.95. The van der Waals surface area contributed by atoms with E-state index in [4.69, 9.17) is 0 Å². The number of nitrogens with zero attached hydrogens (tertiary/aromatic N) is 3. The molecule has 0 spiro atoms. The summed E-state index contributed by atoms with van der Waals surface area (Å²) in [7, 11) is 0. The number of para-hydroxylation sites is 4. The number of piperazine rings is 1. The van der Waals surface area contributed by atoms with Crippen molar-refractivity contribution in [3.63, 3.8) is 0 Å². The fourth-order valence-electron chi connectivity index (χ4n) is 4.32. The van der Waals surface area contributed by atoms with Crippen molar-refractivity contribution in [3.05, 3.63) is 72.8 Å². The number of hydrogen-bond donors (Lipinski definition) is 1. The van der Waals surface area contributed by atoms with E-state index in [-0.39, 0.29) is 5.91 Å². The van der Waals surface area contributed by atoms with E-state index >= 15 is 0 Å². The maximum atomic E-state index is 13.0. The molecule has 0 aromatic heterocycles. The molecule has 158 valence electrons. The number of fused-ring (bicyclic) bond motifs is 2. The van der Waals surface area contributed by atoms with Crippen molar-refractivity contribution in [2.45, 2.75) is 16.2 Å². The van der Waals surface area contributed by atoms with Gasteiger partial charge in [-0.1, -0.05) is 48.2 Å². The van der Waals surface area contributed by atoms with Crippen molar-refractivity contribution in [3.8, 4) is 5.75 Å². The van der Waals surface area contributed by atoms with Crippen LogP contribution < -0.4 is 9.80 Å². The summed E-state index contributed by atoms with van der Waals surface area (Å²) in [5.74, 6) is 0.479. The van der Waals surface area contributed by atoms with E-state index in [0.717, 1.165) is 18.8 Å². The van der Waals surface area contributed by atoms with Gasteiger partial charge in [-0.3, -0.25) is 4.79 Å². The number of amides is 1. The number of benzene rings is 3. The quantitative estimate of drug-likeness (QED) is 0.647. The Hall–Kier alpha value is -3.12. The Morgan fingerprint density at radius 2 is 1.32 bits per heavy atom. The molecule has 31 heavy (non-hydrogen) atoms. The smallest absolute Gasteiger partial charge is 0.224 e. The molecule has 5 rings (SSSR count). The van der Waals surface area contributed by atoms with Crippen LogP contribution in [0.5, 0.6) is 5.75 Å². The van der Waals surface area contributed by atoms with Crippen molar-refractivity contribution in [2.75, 3.05) is 42.5 Å². The first-order valence-corrected chi connectivity index (χ1v) is 11.5. The summed E-state index contributed by atoms with van der Waals surface area (Å²) in [5.41, 5.74) is 3.18. The molecule has 0 saturated carbocycles. The number of aromatic hydroxyl groups is 1. The van der Waals surface area contributed by atoms with E-state index in [0.29, 0.717) is 31.8 Å². The Morgan fingerprint density at radius 3 is 1.94 bits per heavy atom. The van der Waals surface area contributed by atoms with Crippen molar-refractivity contribution in [1.82, 2.24) is 4.90 Å². The summed E-state index contributed by atoms with van der Waals surface area (Å²) in [4.78, 5) is 21.8. The topological polar surface area (TPSA) is 47.0 Å². The van der Waals surface area contributed by atoms with Crippen LogP contribution in [0.4, 0.5) is 17.1 Å². The largest absolute Gasteiger partial charge is 0.506 e. The standard InChI is InChI=1S/C25H25N3O2S/c29-22-10-4-1-7-19(22)26-15-17-27(18-16-26)25(30)13-14-28-20-8-2-5-11-23(20)31-24-12-6-3-9-21(24)28/h1-12,29H,13-18H2. The van der Waals surface area contributed by atoms with Gasteiger partial charge in [0.2, 0.25) is 5.91 Å². The van der Waals surface area contributed by atoms with Crippen LogP contribution in [-0.2, 0) is 4.79 Å². The second-order valence-corrected chi connectivity index (χ2v) is 8.88. The molecule has 0 unspecified atom stereocenters. The SMILES string of the molecule is O=C(CCN1c2ccccc2Sc2ccccc21)N1CCN(c2ccccc2O)CC1. The highest BCUT2D eigenvalue weighted by Gasteiger charge is 2.26. The second kappa shape index (κ2) is 8.55. The van der Waals surface area contributed by atoms with Gasteiger partial charge in [0.25, 0.3) is 0 Å². The van der Waals surface area contributed by atoms with Gasteiger partial charge in [-0.05, 0) is 36.4 Å². The van der Waals surface area contributed by atoms with E-state index < -0.39 is 0 Å². The van der Waals surface area contributed by atoms with Gasteiger partial charge in [-0.15, -0.1) is 0 Å². The fourth-order valence-corrected chi connectivity index (χ4v) is 5.41. The van der Waals surface area contributed by atoms with Gasteiger partial charge in [0, 0.05) is 48.9 Å². The van der Waals surface area contributed by atoms with E-state index in [1.807, 2.05) is 23.1 Å². The van der Waals surface area contributed by atoms with E-state index in [2.05, 4.69) is 58.3 Å². The van der Waals surface area contributed by atoms with Gasteiger partial charge in [0.05, 0.1) is 17.1 Å². The van der Waals surface area contributed by atoms with E-state index in [9.17, 15) is 9.90 Å². The molecule has 1 amide bonds. The summed E-state index contributed by atoms with van der Waals surface area (Å²) in [6, 6.07) is 24.2. The molecule has 2 aliphatic rings. The Balaban J connectivity index is 1.24. The molecule has 1 saturated heterocycles. The van der Waals surface area contributed by atoms with Gasteiger partial charge >= 0.3 is 0 Å².